The number of nitrogens with zero attached hydrogens (tertiary/aromatic N) is 1. The second-order valence-corrected chi connectivity index (χ2v) is 5.79. The Kier molecular flexibility index (Phi) is 2.21. The minimum absolute atomic E-state index is 0.109. The molecule has 2 unspecified atom stereocenters. The number of thioether (sulfide) groups is 1. The van der Waals surface area contributed by atoms with E-state index in [0.29, 0.717) is 24.9 Å². The van der Waals surface area contributed by atoms with Gasteiger partial charge in [-0.05, 0) is 6.92 Å². The van der Waals surface area contributed by atoms with Crippen molar-refractivity contribution in [3.8, 4) is 0 Å². The minimum atomic E-state index is -0.257. The molecular formula is C9H13NO3S. The Bertz CT molecular complexity index is 294. The van der Waals surface area contributed by atoms with E-state index in [1.54, 1.807) is 11.8 Å². The van der Waals surface area contributed by atoms with E-state index < -0.39 is 0 Å². The predicted octanol–water partition coefficient (Wildman–Crippen LogP) is 0.613. The van der Waals surface area contributed by atoms with Crippen molar-refractivity contribution in [2.24, 2.45) is 0 Å². The lowest BCUT2D eigenvalue weighted by molar-refractivity contribution is -0.142. The van der Waals surface area contributed by atoms with E-state index in [1.165, 1.54) is 6.92 Å². The SMILES string of the molecule is CC(=O)OCC1(C)CN2C(=O)CC2S1. The van der Waals surface area contributed by atoms with Gasteiger partial charge in [0.2, 0.25) is 5.91 Å². The van der Waals surface area contributed by atoms with E-state index in [0.717, 1.165) is 0 Å². The summed E-state index contributed by atoms with van der Waals surface area (Å²) >= 11 is 1.74. The van der Waals surface area contributed by atoms with Crippen molar-refractivity contribution in [3.63, 3.8) is 0 Å². The maximum Gasteiger partial charge on any atom is 0.302 e. The molecule has 2 aliphatic rings. The quantitative estimate of drug-likeness (QED) is 0.500. The molecule has 0 aromatic carbocycles. The lowest BCUT2D eigenvalue weighted by atomic mass is 10.1. The first-order valence-corrected chi connectivity index (χ1v) is 5.49. The number of esters is 1. The van der Waals surface area contributed by atoms with Crippen LogP contribution >= 0.6 is 11.8 Å². The van der Waals surface area contributed by atoms with Crippen LogP contribution in [0.2, 0.25) is 0 Å². The molecule has 0 aromatic rings. The summed E-state index contributed by atoms with van der Waals surface area (Å²) in [6.07, 6.45) is 0.639. The van der Waals surface area contributed by atoms with Gasteiger partial charge in [-0.1, -0.05) is 0 Å². The van der Waals surface area contributed by atoms with Crippen molar-refractivity contribution in [3.05, 3.63) is 0 Å². The second kappa shape index (κ2) is 3.15. The highest BCUT2D eigenvalue weighted by atomic mass is 32.2. The molecule has 2 saturated heterocycles. The standard InChI is InChI=1S/C9H13NO3S/c1-6(11)13-5-9(2)4-10-7(12)3-8(10)14-9/h8H,3-5H2,1-2H3. The minimum Gasteiger partial charge on any atom is -0.464 e. The van der Waals surface area contributed by atoms with Gasteiger partial charge in [0, 0.05) is 13.5 Å². The summed E-state index contributed by atoms with van der Waals surface area (Å²) in [7, 11) is 0. The second-order valence-electron chi connectivity index (χ2n) is 4.03. The molecule has 2 aliphatic heterocycles. The average molecular weight is 215 g/mol. The van der Waals surface area contributed by atoms with E-state index in [2.05, 4.69) is 0 Å². The smallest absolute Gasteiger partial charge is 0.302 e. The Labute approximate surface area is 87.0 Å². The summed E-state index contributed by atoms with van der Waals surface area (Å²) in [6, 6.07) is 0. The first-order valence-electron chi connectivity index (χ1n) is 4.61. The Hall–Kier alpha value is -0.710. The Morgan fingerprint density at radius 1 is 1.79 bits per heavy atom. The number of hydrogen-bond donors (Lipinski definition) is 0. The van der Waals surface area contributed by atoms with Crippen LogP contribution in [-0.2, 0) is 14.3 Å². The van der Waals surface area contributed by atoms with Gasteiger partial charge in [0.15, 0.2) is 0 Å². The topological polar surface area (TPSA) is 46.6 Å². The third-order valence-electron chi connectivity index (χ3n) is 2.52. The third-order valence-corrected chi connectivity index (χ3v) is 4.03. The van der Waals surface area contributed by atoms with Gasteiger partial charge < -0.3 is 9.64 Å². The van der Waals surface area contributed by atoms with Gasteiger partial charge in [0.05, 0.1) is 16.5 Å². The first-order chi connectivity index (χ1) is 6.50. The van der Waals surface area contributed by atoms with Gasteiger partial charge >= 0.3 is 5.97 Å². The van der Waals surface area contributed by atoms with E-state index in [4.69, 9.17) is 4.74 Å². The van der Waals surface area contributed by atoms with E-state index in [9.17, 15) is 9.59 Å². The maximum absolute atomic E-state index is 11.1. The molecule has 0 N–H and O–H groups in total. The molecule has 0 aliphatic carbocycles. The fourth-order valence-electron chi connectivity index (χ4n) is 1.78. The lowest BCUT2D eigenvalue weighted by Crippen LogP contribution is -2.48. The van der Waals surface area contributed by atoms with Crippen LogP contribution in [-0.4, -0.2) is 40.0 Å². The average Bonchev–Trinajstić information content (AvgIpc) is 2.37. The van der Waals surface area contributed by atoms with Crippen LogP contribution in [0.25, 0.3) is 0 Å². The normalized spacial score (nSPS) is 35.1. The van der Waals surface area contributed by atoms with Crippen molar-refractivity contribution >= 4 is 23.6 Å². The molecule has 78 valence electrons. The van der Waals surface area contributed by atoms with Crippen LogP contribution in [0, 0.1) is 0 Å². The number of β-lactam (4-membered cyclic amide) rings is 1. The van der Waals surface area contributed by atoms with Crippen LogP contribution in [0.4, 0.5) is 0 Å². The van der Waals surface area contributed by atoms with Gasteiger partial charge in [-0.2, -0.15) is 0 Å². The molecule has 2 atom stereocenters. The fraction of sp³-hybridized carbons (Fsp3) is 0.778. The van der Waals surface area contributed by atoms with Crippen LogP contribution in [0.5, 0.6) is 0 Å². The van der Waals surface area contributed by atoms with Crippen molar-refractivity contribution in [1.29, 1.82) is 0 Å². The number of carbonyl (C=O) groups is 2. The molecular weight excluding hydrogens is 202 g/mol. The molecule has 2 rings (SSSR count). The molecule has 0 aromatic heterocycles. The zero-order chi connectivity index (χ0) is 10.3. The maximum atomic E-state index is 11.1. The highest BCUT2D eigenvalue weighted by Crippen LogP contribution is 2.46. The number of amides is 1. The summed E-state index contributed by atoms with van der Waals surface area (Å²) in [6.45, 7) is 4.54. The van der Waals surface area contributed by atoms with Gasteiger partial charge in [0.1, 0.15) is 6.61 Å². The number of rotatable bonds is 2. The summed E-state index contributed by atoms with van der Waals surface area (Å²) in [5.74, 6) is -0.0403. The summed E-state index contributed by atoms with van der Waals surface area (Å²) in [5, 5.41) is 0.322. The van der Waals surface area contributed by atoms with Crippen LogP contribution in [0.1, 0.15) is 20.3 Å². The highest BCUT2D eigenvalue weighted by molar-refractivity contribution is 8.01. The van der Waals surface area contributed by atoms with Crippen LogP contribution in [0.15, 0.2) is 0 Å². The molecule has 0 radical (unpaired) electrons. The predicted molar refractivity (Wildman–Crippen MR) is 52.7 cm³/mol. The van der Waals surface area contributed by atoms with E-state index in [-0.39, 0.29) is 16.6 Å². The molecule has 0 saturated carbocycles. The number of hydrogen-bond acceptors (Lipinski definition) is 4. The van der Waals surface area contributed by atoms with Gasteiger partial charge in [-0.25, -0.2) is 0 Å². The van der Waals surface area contributed by atoms with Crippen molar-refractivity contribution in [2.75, 3.05) is 13.2 Å². The largest absolute Gasteiger partial charge is 0.464 e. The molecule has 2 fully saturated rings. The lowest BCUT2D eigenvalue weighted by Gasteiger charge is -2.32. The van der Waals surface area contributed by atoms with E-state index >= 15 is 0 Å². The molecule has 0 spiro atoms. The zero-order valence-corrected chi connectivity index (χ0v) is 9.10. The Morgan fingerprint density at radius 3 is 3.00 bits per heavy atom. The van der Waals surface area contributed by atoms with E-state index in [1.807, 2.05) is 11.8 Å². The van der Waals surface area contributed by atoms with Crippen molar-refractivity contribution in [2.45, 2.75) is 30.4 Å². The fourth-order valence-corrected chi connectivity index (χ4v) is 3.32. The zero-order valence-electron chi connectivity index (χ0n) is 8.28. The van der Waals surface area contributed by atoms with Gasteiger partial charge in [0.25, 0.3) is 0 Å². The van der Waals surface area contributed by atoms with Gasteiger partial charge in [-0.3, -0.25) is 9.59 Å². The molecule has 0 bridgehead atoms. The molecule has 5 heteroatoms. The van der Waals surface area contributed by atoms with Crippen LogP contribution < -0.4 is 0 Å². The summed E-state index contributed by atoms with van der Waals surface area (Å²) in [4.78, 5) is 23.7. The molecule has 2 heterocycles. The highest BCUT2D eigenvalue weighted by Gasteiger charge is 2.50. The van der Waals surface area contributed by atoms with Crippen LogP contribution in [0.3, 0.4) is 0 Å². The third kappa shape index (κ3) is 1.61. The number of fused-ring (bicyclic) bond motifs is 1. The number of carbonyl (C=O) groups excluding carboxylic acids is 2. The monoisotopic (exact) mass is 215 g/mol. The summed E-state index contributed by atoms with van der Waals surface area (Å²) < 4.78 is 4.88. The first kappa shape index (κ1) is 9.83. The molecule has 14 heavy (non-hydrogen) atoms. The molecule has 1 amide bonds. The van der Waals surface area contributed by atoms with Gasteiger partial charge in [-0.15, -0.1) is 11.8 Å². The number of ether oxygens (including phenoxy) is 1. The molecule has 4 nitrogen and oxygen atoms in total. The van der Waals surface area contributed by atoms with Crippen molar-refractivity contribution in [1.82, 2.24) is 4.90 Å². The Morgan fingerprint density at radius 2 is 2.50 bits per heavy atom. The summed E-state index contributed by atoms with van der Waals surface area (Å²) in [5.41, 5.74) is 0. The Balaban J connectivity index is 1.92. The van der Waals surface area contributed by atoms with Crippen molar-refractivity contribution < 1.29 is 14.3 Å².